The van der Waals surface area contributed by atoms with Crippen molar-refractivity contribution in [1.82, 2.24) is 14.8 Å². The van der Waals surface area contributed by atoms with Gasteiger partial charge in [0.1, 0.15) is 5.82 Å². The molecule has 3 aromatic rings. The predicted octanol–water partition coefficient (Wildman–Crippen LogP) is 4.14. The number of para-hydroxylation sites is 1. The highest BCUT2D eigenvalue weighted by Crippen LogP contribution is 2.15. The fourth-order valence-electron chi connectivity index (χ4n) is 2.23. The molecule has 0 spiro atoms. The van der Waals surface area contributed by atoms with Gasteiger partial charge in [0.25, 0.3) is 0 Å². The van der Waals surface area contributed by atoms with Gasteiger partial charge >= 0.3 is 0 Å². The number of aromatic amines is 1. The Hall–Kier alpha value is -1.57. The summed E-state index contributed by atoms with van der Waals surface area (Å²) in [5.41, 5.74) is 1.95. The SMILES string of the molecule is O=[S@](Cc1ccc(Br)cc1)Cc1n[nH]c(=S)n1-c1ccccc1. The maximum atomic E-state index is 12.5. The highest BCUT2D eigenvalue weighted by atomic mass is 79.9. The topological polar surface area (TPSA) is 50.7 Å². The minimum absolute atomic E-state index is 0.345. The monoisotopic (exact) mass is 407 g/mol. The van der Waals surface area contributed by atoms with E-state index in [4.69, 9.17) is 12.2 Å². The van der Waals surface area contributed by atoms with E-state index in [1.807, 2.05) is 59.2 Å². The second-order valence-corrected chi connectivity index (χ2v) is 7.73. The second-order valence-electron chi connectivity index (χ2n) is 4.97. The molecule has 23 heavy (non-hydrogen) atoms. The highest BCUT2D eigenvalue weighted by molar-refractivity contribution is 9.10. The summed E-state index contributed by atoms with van der Waals surface area (Å²) in [7, 11) is -1.06. The number of rotatable bonds is 5. The summed E-state index contributed by atoms with van der Waals surface area (Å²) in [6.07, 6.45) is 0. The Labute approximate surface area is 150 Å². The Bertz CT molecular complexity index is 872. The standard InChI is InChI=1S/C16H14BrN3OS2/c17-13-8-6-12(7-9-13)10-23(21)11-15-18-19-16(22)20(15)14-4-2-1-3-5-14/h1-9H,10-11H2,(H,19,22)/t23-/m1/s1. The molecule has 0 unspecified atom stereocenters. The largest absolute Gasteiger partial charge is 0.271 e. The van der Waals surface area contributed by atoms with Crippen LogP contribution in [0.3, 0.4) is 0 Å². The molecule has 0 fully saturated rings. The van der Waals surface area contributed by atoms with Gasteiger partial charge in [0.05, 0.1) is 5.75 Å². The number of aromatic nitrogens is 3. The van der Waals surface area contributed by atoms with Gasteiger partial charge in [0, 0.05) is 26.7 Å². The van der Waals surface area contributed by atoms with Crippen molar-refractivity contribution in [2.75, 3.05) is 0 Å². The number of nitrogens with zero attached hydrogens (tertiary/aromatic N) is 2. The van der Waals surface area contributed by atoms with Gasteiger partial charge in [-0.15, -0.1) is 0 Å². The Balaban J connectivity index is 1.80. The molecule has 1 atom stereocenters. The van der Waals surface area contributed by atoms with Gasteiger partial charge in [0.15, 0.2) is 4.77 Å². The van der Waals surface area contributed by atoms with Crippen LogP contribution in [0.1, 0.15) is 11.4 Å². The fourth-order valence-corrected chi connectivity index (χ4v) is 3.90. The van der Waals surface area contributed by atoms with Crippen molar-refractivity contribution in [3.8, 4) is 5.69 Å². The first-order valence-electron chi connectivity index (χ1n) is 6.94. The number of hydrogen-bond acceptors (Lipinski definition) is 3. The molecule has 0 saturated carbocycles. The third-order valence-corrected chi connectivity index (χ3v) is 5.33. The van der Waals surface area contributed by atoms with Crippen LogP contribution in [0.5, 0.6) is 0 Å². The molecule has 0 radical (unpaired) electrons. The molecule has 7 heteroatoms. The van der Waals surface area contributed by atoms with E-state index in [2.05, 4.69) is 26.1 Å². The number of halogens is 1. The fraction of sp³-hybridized carbons (Fsp3) is 0.125. The van der Waals surface area contributed by atoms with Gasteiger partial charge in [-0.25, -0.2) is 0 Å². The van der Waals surface area contributed by atoms with Crippen molar-refractivity contribution in [3.05, 3.63) is 75.2 Å². The predicted molar refractivity (Wildman–Crippen MR) is 98.4 cm³/mol. The molecule has 1 aromatic heterocycles. The summed E-state index contributed by atoms with van der Waals surface area (Å²) in [4.78, 5) is 0. The van der Waals surface area contributed by atoms with Gasteiger partial charge < -0.3 is 0 Å². The molecular weight excluding hydrogens is 394 g/mol. The summed E-state index contributed by atoms with van der Waals surface area (Å²) >= 11 is 8.69. The van der Waals surface area contributed by atoms with E-state index in [1.165, 1.54) is 0 Å². The lowest BCUT2D eigenvalue weighted by Crippen LogP contribution is -2.07. The molecule has 1 N–H and O–H groups in total. The van der Waals surface area contributed by atoms with Gasteiger partial charge in [-0.3, -0.25) is 13.9 Å². The maximum absolute atomic E-state index is 12.5. The Kier molecular flexibility index (Phi) is 5.20. The maximum Gasteiger partial charge on any atom is 0.199 e. The van der Waals surface area contributed by atoms with Gasteiger partial charge in [0.2, 0.25) is 0 Å². The average molecular weight is 408 g/mol. The van der Waals surface area contributed by atoms with Crippen LogP contribution < -0.4 is 0 Å². The lowest BCUT2D eigenvalue weighted by Gasteiger charge is -2.07. The molecule has 118 valence electrons. The Morgan fingerprint density at radius 3 is 2.48 bits per heavy atom. The van der Waals surface area contributed by atoms with E-state index in [0.29, 0.717) is 22.1 Å². The summed E-state index contributed by atoms with van der Waals surface area (Å²) in [5, 5.41) is 7.02. The van der Waals surface area contributed by atoms with Crippen LogP contribution in [0, 0.1) is 4.77 Å². The Morgan fingerprint density at radius 2 is 1.78 bits per heavy atom. The van der Waals surface area contributed by atoms with Gasteiger partial charge in [-0.2, -0.15) is 5.10 Å². The van der Waals surface area contributed by atoms with Crippen LogP contribution in [0.2, 0.25) is 0 Å². The Morgan fingerprint density at radius 1 is 1.09 bits per heavy atom. The van der Waals surface area contributed by atoms with Crippen molar-refractivity contribution in [2.24, 2.45) is 0 Å². The van der Waals surface area contributed by atoms with Crippen molar-refractivity contribution < 1.29 is 4.21 Å². The van der Waals surface area contributed by atoms with Gasteiger partial charge in [-0.05, 0) is 42.0 Å². The molecular formula is C16H14BrN3OS2. The summed E-state index contributed by atoms with van der Waals surface area (Å²) in [6, 6.07) is 17.6. The molecule has 1 heterocycles. The quantitative estimate of drug-likeness (QED) is 0.646. The van der Waals surface area contributed by atoms with Crippen molar-refractivity contribution in [3.63, 3.8) is 0 Å². The number of H-pyrrole nitrogens is 1. The molecule has 0 aliphatic heterocycles. The lowest BCUT2D eigenvalue weighted by molar-refractivity contribution is 0.680. The molecule has 0 bridgehead atoms. The van der Waals surface area contributed by atoms with Crippen LogP contribution >= 0.6 is 28.1 Å². The van der Waals surface area contributed by atoms with Crippen LogP contribution in [-0.2, 0) is 22.3 Å². The molecule has 0 aliphatic carbocycles. The molecule has 3 rings (SSSR count). The molecule has 2 aromatic carbocycles. The minimum Gasteiger partial charge on any atom is -0.271 e. The summed E-state index contributed by atoms with van der Waals surface area (Å²) < 4.78 is 15.8. The number of nitrogens with one attached hydrogen (secondary N) is 1. The third kappa shape index (κ3) is 4.04. The molecule has 0 saturated heterocycles. The van der Waals surface area contributed by atoms with Crippen LogP contribution in [0.15, 0.2) is 59.1 Å². The van der Waals surface area contributed by atoms with E-state index in [0.717, 1.165) is 15.7 Å². The number of benzene rings is 2. The van der Waals surface area contributed by atoms with E-state index >= 15 is 0 Å². The normalized spacial score (nSPS) is 12.2. The average Bonchev–Trinajstić information content (AvgIpc) is 2.91. The summed E-state index contributed by atoms with van der Waals surface area (Å²) in [5.74, 6) is 1.51. The van der Waals surface area contributed by atoms with E-state index < -0.39 is 10.8 Å². The highest BCUT2D eigenvalue weighted by Gasteiger charge is 2.12. The van der Waals surface area contributed by atoms with Crippen molar-refractivity contribution >= 4 is 38.9 Å². The first-order chi connectivity index (χ1) is 11.1. The first kappa shape index (κ1) is 16.3. The number of hydrogen-bond donors (Lipinski definition) is 1. The molecule has 4 nitrogen and oxygen atoms in total. The van der Waals surface area contributed by atoms with Crippen LogP contribution in [0.4, 0.5) is 0 Å². The zero-order chi connectivity index (χ0) is 16.2. The van der Waals surface area contributed by atoms with Gasteiger partial charge in [-0.1, -0.05) is 46.3 Å². The van der Waals surface area contributed by atoms with E-state index in [9.17, 15) is 4.21 Å². The molecule has 0 amide bonds. The molecule has 0 aliphatic rings. The summed E-state index contributed by atoms with van der Waals surface area (Å²) in [6.45, 7) is 0. The van der Waals surface area contributed by atoms with E-state index in [-0.39, 0.29) is 0 Å². The zero-order valence-electron chi connectivity index (χ0n) is 12.1. The van der Waals surface area contributed by atoms with Crippen molar-refractivity contribution in [2.45, 2.75) is 11.5 Å². The smallest absolute Gasteiger partial charge is 0.199 e. The minimum atomic E-state index is -1.06. The first-order valence-corrected chi connectivity index (χ1v) is 9.63. The lowest BCUT2D eigenvalue weighted by atomic mass is 10.2. The van der Waals surface area contributed by atoms with Crippen molar-refractivity contribution in [1.29, 1.82) is 0 Å². The third-order valence-electron chi connectivity index (χ3n) is 3.29. The van der Waals surface area contributed by atoms with Crippen LogP contribution in [0.25, 0.3) is 5.69 Å². The van der Waals surface area contributed by atoms with E-state index in [1.54, 1.807) is 0 Å². The van der Waals surface area contributed by atoms with Crippen LogP contribution in [-0.4, -0.2) is 19.0 Å². The second kappa shape index (κ2) is 7.33. The zero-order valence-corrected chi connectivity index (χ0v) is 15.3.